The highest BCUT2D eigenvalue weighted by Gasteiger charge is 2.38. The number of carbonyl (C=O) groups excluding carboxylic acids is 2. The number of Topliss-reactive ketones (excluding diaryl/α,β-unsaturated/α-hetero) is 1. The summed E-state index contributed by atoms with van der Waals surface area (Å²) in [5.74, 6) is -0.903. The summed E-state index contributed by atoms with van der Waals surface area (Å²) in [6, 6.07) is 10.9. The van der Waals surface area contributed by atoms with Gasteiger partial charge in [0, 0.05) is 22.9 Å². The SMILES string of the molecule is CCCC(=O)[C@H]1C(=O)C=C(c2ccc(NS(C)(=O)=O)cc2)C[C@@H]1c1cccs1. The number of ketones is 2. The van der Waals surface area contributed by atoms with Gasteiger partial charge in [-0.3, -0.25) is 14.3 Å². The third kappa shape index (κ3) is 4.77. The van der Waals surface area contributed by atoms with Gasteiger partial charge in [0.25, 0.3) is 0 Å². The van der Waals surface area contributed by atoms with Gasteiger partial charge in [-0.2, -0.15) is 0 Å². The van der Waals surface area contributed by atoms with Crippen LogP contribution in [0.3, 0.4) is 0 Å². The summed E-state index contributed by atoms with van der Waals surface area (Å²) in [5, 5.41) is 1.96. The van der Waals surface area contributed by atoms with Gasteiger partial charge in [-0.05, 0) is 53.6 Å². The van der Waals surface area contributed by atoms with Crippen LogP contribution in [0.25, 0.3) is 5.57 Å². The molecule has 7 heteroatoms. The molecule has 1 N–H and O–H groups in total. The second kappa shape index (κ2) is 8.41. The molecule has 1 aromatic heterocycles. The summed E-state index contributed by atoms with van der Waals surface area (Å²) in [7, 11) is -3.34. The molecule has 0 radical (unpaired) electrons. The van der Waals surface area contributed by atoms with Crippen LogP contribution in [0.1, 0.15) is 42.5 Å². The van der Waals surface area contributed by atoms with E-state index in [0.717, 1.165) is 28.7 Å². The smallest absolute Gasteiger partial charge is 0.229 e. The number of carbonyl (C=O) groups is 2. The first-order valence-corrected chi connectivity index (χ1v) is 11.9. The highest BCUT2D eigenvalue weighted by atomic mass is 32.2. The van der Waals surface area contributed by atoms with Gasteiger partial charge in [-0.1, -0.05) is 25.1 Å². The molecule has 0 spiro atoms. The van der Waals surface area contributed by atoms with E-state index in [0.29, 0.717) is 18.5 Å². The Hall–Kier alpha value is -2.25. The summed E-state index contributed by atoms with van der Waals surface area (Å²) in [5.41, 5.74) is 2.20. The second-order valence-corrected chi connectivity index (χ2v) is 9.77. The maximum Gasteiger partial charge on any atom is 0.229 e. The maximum absolute atomic E-state index is 12.9. The second-order valence-electron chi connectivity index (χ2n) is 7.04. The van der Waals surface area contributed by atoms with Crippen molar-refractivity contribution in [2.45, 2.75) is 32.1 Å². The van der Waals surface area contributed by atoms with Gasteiger partial charge in [-0.15, -0.1) is 11.3 Å². The standard InChI is InChI=1S/C21H23NO4S2/c1-3-5-18(23)21-17(20-6-4-11-27-20)12-15(13-19(21)24)14-7-9-16(10-8-14)22-28(2,25)26/h4,6-11,13,17,21-22H,3,5,12H2,1-2H3/t17-,21+/m1/s1. The van der Waals surface area contributed by atoms with Crippen molar-refractivity contribution in [3.8, 4) is 0 Å². The molecule has 1 aromatic carbocycles. The molecule has 1 heterocycles. The number of hydrogen-bond donors (Lipinski definition) is 1. The first-order chi connectivity index (χ1) is 13.3. The van der Waals surface area contributed by atoms with Crippen molar-refractivity contribution >= 4 is 44.2 Å². The predicted octanol–water partition coefficient (Wildman–Crippen LogP) is 4.25. The molecule has 0 aliphatic heterocycles. The van der Waals surface area contributed by atoms with Crippen molar-refractivity contribution in [1.29, 1.82) is 0 Å². The third-order valence-corrected chi connectivity index (χ3v) is 6.39. The Morgan fingerprint density at radius 1 is 1.21 bits per heavy atom. The Morgan fingerprint density at radius 3 is 2.50 bits per heavy atom. The van der Waals surface area contributed by atoms with E-state index in [9.17, 15) is 18.0 Å². The van der Waals surface area contributed by atoms with E-state index < -0.39 is 15.9 Å². The molecule has 0 saturated heterocycles. The van der Waals surface area contributed by atoms with Crippen LogP contribution in [0, 0.1) is 5.92 Å². The lowest BCUT2D eigenvalue weighted by atomic mass is 9.73. The molecule has 2 atom stereocenters. The van der Waals surface area contributed by atoms with Gasteiger partial charge >= 0.3 is 0 Å². The molecule has 3 rings (SSSR count). The topological polar surface area (TPSA) is 80.3 Å². The first-order valence-electron chi connectivity index (χ1n) is 9.17. The van der Waals surface area contributed by atoms with Crippen LogP contribution in [0.5, 0.6) is 0 Å². The van der Waals surface area contributed by atoms with Crippen molar-refractivity contribution in [3.05, 3.63) is 58.3 Å². The van der Waals surface area contributed by atoms with E-state index in [4.69, 9.17) is 0 Å². The van der Waals surface area contributed by atoms with E-state index in [1.807, 2.05) is 24.4 Å². The lowest BCUT2D eigenvalue weighted by Crippen LogP contribution is -2.32. The van der Waals surface area contributed by atoms with Gasteiger partial charge in [0.15, 0.2) is 5.78 Å². The zero-order chi connectivity index (χ0) is 20.3. The highest BCUT2D eigenvalue weighted by molar-refractivity contribution is 7.92. The van der Waals surface area contributed by atoms with Crippen molar-refractivity contribution in [1.82, 2.24) is 0 Å². The minimum absolute atomic E-state index is 0.00824. The average molecular weight is 418 g/mol. The monoisotopic (exact) mass is 417 g/mol. The molecule has 0 fully saturated rings. The van der Waals surface area contributed by atoms with Crippen LogP contribution in [0.2, 0.25) is 0 Å². The third-order valence-electron chi connectivity index (χ3n) is 4.78. The number of benzene rings is 1. The minimum atomic E-state index is -3.34. The van der Waals surface area contributed by atoms with E-state index in [1.165, 1.54) is 0 Å². The molecule has 0 saturated carbocycles. The summed E-state index contributed by atoms with van der Waals surface area (Å²) in [6.07, 6.45) is 4.42. The summed E-state index contributed by atoms with van der Waals surface area (Å²) >= 11 is 1.57. The van der Waals surface area contributed by atoms with Crippen molar-refractivity contribution < 1.29 is 18.0 Å². The number of nitrogens with one attached hydrogen (secondary N) is 1. The molecule has 2 aromatic rings. The molecule has 148 valence electrons. The minimum Gasteiger partial charge on any atom is -0.299 e. The summed E-state index contributed by atoms with van der Waals surface area (Å²) in [6.45, 7) is 1.94. The molecule has 1 aliphatic carbocycles. The normalized spacial score (nSPS) is 19.9. The number of rotatable bonds is 7. The van der Waals surface area contributed by atoms with Crippen molar-refractivity contribution in [3.63, 3.8) is 0 Å². The molecule has 28 heavy (non-hydrogen) atoms. The number of hydrogen-bond acceptors (Lipinski definition) is 5. The van der Waals surface area contributed by atoms with Crippen LogP contribution in [0.4, 0.5) is 5.69 Å². The van der Waals surface area contributed by atoms with E-state index in [2.05, 4.69) is 4.72 Å². The Labute approximate surface area is 169 Å². The molecule has 5 nitrogen and oxygen atoms in total. The zero-order valence-electron chi connectivity index (χ0n) is 15.8. The molecule has 0 amide bonds. The van der Waals surface area contributed by atoms with Crippen molar-refractivity contribution in [2.75, 3.05) is 11.0 Å². The van der Waals surface area contributed by atoms with E-state index in [-0.39, 0.29) is 17.5 Å². The number of thiophene rings is 1. The molecular formula is C21H23NO4S2. The Kier molecular flexibility index (Phi) is 6.15. The largest absolute Gasteiger partial charge is 0.299 e. The Balaban J connectivity index is 1.91. The molecule has 0 bridgehead atoms. The van der Waals surface area contributed by atoms with Gasteiger partial charge in [0.05, 0.1) is 12.2 Å². The summed E-state index contributed by atoms with van der Waals surface area (Å²) < 4.78 is 25.1. The Morgan fingerprint density at radius 2 is 1.93 bits per heavy atom. The fraction of sp³-hybridized carbons (Fsp3) is 0.333. The van der Waals surface area contributed by atoms with E-state index in [1.54, 1.807) is 41.7 Å². The highest BCUT2D eigenvalue weighted by Crippen LogP contribution is 2.42. The number of sulfonamides is 1. The van der Waals surface area contributed by atoms with Crippen LogP contribution in [0.15, 0.2) is 47.9 Å². The average Bonchev–Trinajstić information content (AvgIpc) is 3.15. The van der Waals surface area contributed by atoms with Crippen LogP contribution in [-0.2, 0) is 19.6 Å². The molecule has 1 aliphatic rings. The summed E-state index contributed by atoms with van der Waals surface area (Å²) in [4.78, 5) is 26.5. The van der Waals surface area contributed by atoms with Gasteiger partial charge in [-0.25, -0.2) is 8.42 Å². The van der Waals surface area contributed by atoms with Gasteiger partial charge in [0.2, 0.25) is 10.0 Å². The van der Waals surface area contributed by atoms with Crippen LogP contribution >= 0.6 is 11.3 Å². The predicted molar refractivity (Wildman–Crippen MR) is 113 cm³/mol. The van der Waals surface area contributed by atoms with Gasteiger partial charge in [0.1, 0.15) is 5.78 Å². The fourth-order valence-electron chi connectivity index (χ4n) is 3.59. The number of allylic oxidation sites excluding steroid dienone is 2. The molecular weight excluding hydrogens is 394 g/mol. The van der Waals surface area contributed by atoms with Gasteiger partial charge < -0.3 is 0 Å². The molecule has 0 unspecified atom stereocenters. The maximum atomic E-state index is 12.9. The van der Waals surface area contributed by atoms with Crippen molar-refractivity contribution in [2.24, 2.45) is 5.92 Å². The van der Waals surface area contributed by atoms with Crippen LogP contribution in [-0.4, -0.2) is 26.2 Å². The number of anilines is 1. The van der Waals surface area contributed by atoms with Crippen LogP contribution < -0.4 is 4.72 Å². The lowest BCUT2D eigenvalue weighted by molar-refractivity contribution is -0.131. The fourth-order valence-corrected chi connectivity index (χ4v) is 5.02. The quantitative estimate of drug-likeness (QED) is 0.683. The first kappa shape index (κ1) is 20.5. The lowest BCUT2D eigenvalue weighted by Gasteiger charge is -2.29. The van der Waals surface area contributed by atoms with E-state index >= 15 is 0 Å². The Bertz CT molecular complexity index is 990. The zero-order valence-corrected chi connectivity index (χ0v) is 17.5.